The van der Waals surface area contributed by atoms with E-state index in [9.17, 15) is 0 Å². The Morgan fingerprint density at radius 1 is 1.14 bits per heavy atom. The standard InChI is InChI=1S/C16H25N5/c1-4-5-11-21-16(17-18-19-21)13-20(14(2)3)12-15-9-7-6-8-10-15/h6-10,14H,4-5,11-13H2,1-3H3. The topological polar surface area (TPSA) is 46.8 Å². The number of aryl methyl sites for hydroxylation is 1. The van der Waals surface area contributed by atoms with Crippen LogP contribution >= 0.6 is 0 Å². The van der Waals surface area contributed by atoms with Crippen molar-refractivity contribution in [1.29, 1.82) is 0 Å². The zero-order chi connectivity index (χ0) is 15.1. The number of tetrazole rings is 1. The molecule has 0 radical (unpaired) electrons. The van der Waals surface area contributed by atoms with Crippen molar-refractivity contribution in [3.8, 4) is 0 Å². The van der Waals surface area contributed by atoms with Crippen LogP contribution in [0.2, 0.25) is 0 Å². The van der Waals surface area contributed by atoms with Crippen LogP contribution in [0, 0.1) is 0 Å². The number of hydrogen-bond acceptors (Lipinski definition) is 4. The summed E-state index contributed by atoms with van der Waals surface area (Å²) in [4.78, 5) is 2.39. The molecular formula is C16H25N5. The Labute approximate surface area is 127 Å². The van der Waals surface area contributed by atoms with Gasteiger partial charge in [0.2, 0.25) is 0 Å². The summed E-state index contributed by atoms with van der Waals surface area (Å²) in [6.07, 6.45) is 2.26. The smallest absolute Gasteiger partial charge is 0.165 e. The van der Waals surface area contributed by atoms with Gasteiger partial charge in [0, 0.05) is 19.1 Å². The highest BCUT2D eigenvalue weighted by Gasteiger charge is 2.15. The van der Waals surface area contributed by atoms with Gasteiger partial charge in [0.1, 0.15) is 0 Å². The maximum Gasteiger partial charge on any atom is 0.165 e. The Balaban J connectivity index is 2.04. The number of hydrogen-bond donors (Lipinski definition) is 0. The van der Waals surface area contributed by atoms with Gasteiger partial charge in [-0.25, -0.2) is 4.68 Å². The maximum absolute atomic E-state index is 4.19. The quantitative estimate of drug-likeness (QED) is 0.749. The highest BCUT2D eigenvalue weighted by molar-refractivity contribution is 5.14. The lowest BCUT2D eigenvalue weighted by Gasteiger charge is -2.25. The molecule has 5 nitrogen and oxygen atoms in total. The van der Waals surface area contributed by atoms with Crippen molar-refractivity contribution >= 4 is 0 Å². The van der Waals surface area contributed by atoms with E-state index in [0.717, 1.165) is 38.3 Å². The predicted molar refractivity (Wildman–Crippen MR) is 83.6 cm³/mol. The fourth-order valence-corrected chi connectivity index (χ4v) is 2.24. The number of unbranched alkanes of at least 4 members (excludes halogenated alkanes) is 1. The van der Waals surface area contributed by atoms with Crippen LogP contribution in [-0.2, 0) is 19.6 Å². The Kier molecular flexibility index (Phi) is 5.87. The second-order valence-corrected chi connectivity index (χ2v) is 5.66. The molecule has 1 aromatic heterocycles. The molecule has 0 atom stereocenters. The summed E-state index contributed by atoms with van der Waals surface area (Å²) in [5.74, 6) is 0.952. The van der Waals surface area contributed by atoms with E-state index >= 15 is 0 Å². The molecule has 0 amide bonds. The molecule has 21 heavy (non-hydrogen) atoms. The van der Waals surface area contributed by atoms with Gasteiger partial charge < -0.3 is 0 Å². The highest BCUT2D eigenvalue weighted by Crippen LogP contribution is 2.12. The van der Waals surface area contributed by atoms with E-state index in [1.807, 2.05) is 4.68 Å². The van der Waals surface area contributed by atoms with Gasteiger partial charge in [-0.1, -0.05) is 43.7 Å². The molecule has 0 unspecified atom stereocenters. The molecule has 0 N–H and O–H groups in total. The second-order valence-electron chi connectivity index (χ2n) is 5.66. The Bertz CT molecular complexity index is 520. The highest BCUT2D eigenvalue weighted by atomic mass is 15.5. The van der Waals surface area contributed by atoms with Crippen molar-refractivity contribution in [3.63, 3.8) is 0 Å². The van der Waals surface area contributed by atoms with Crippen molar-refractivity contribution < 1.29 is 0 Å². The Hall–Kier alpha value is -1.75. The summed E-state index contributed by atoms with van der Waals surface area (Å²) in [5.41, 5.74) is 1.32. The molecule has 0 aliphatic heterocycles. The zero-order valence-electron chi connectivity index (χ0n) is 13.2. The van der Waals surface area contributed by atoms with Crippen molar-refractivity contribution in [3.05, 3.63) is 41.7 Å². The van der Waals surface area contributed by atoms with Gasteiger partial charge in [-0.05, 0) is 36.3 Å². The average molecular weight is 287 g/mol. The molecule has 5 heteroatoms. The first-order valence-electron chi connectivity index (χ1n) is 7.73. The largest absolute Gasteiger partial charge is 0.289 e. The monoisotopic (exact) mass is 287 g/mol. The van der Waals surface area contributed by atoms with Gasteiger partial charge in [0.05, 0.1) is 6.54 Å². The van der Waals surface area contributed by atoms with E-state index in [1.54, 1.807) is 0 Å². The molecule has 0 bridgehead atoms. The summed E-state index contributed by atoms with van der Waals surface area (Å²) in [6, 6.07) is 11.0. The molecule has 1 aromatic carbocycles. The van der Waals surface area contributed by atoms with Crippen LogP contribution in [0.3, 0.4) is 0 Å². The number of nitrogens with zero attached hydrogens (tertiary/aromatic N) is 5. The van der Waals surface area contributed by atoms with E-state index in [0.29, 0.717) is 6.04 Å². The lowest BCUT2D eigenvalue weighted by Crippen LogP contribution is -2.31. The average Bonchev–Trinajstić information content (AvgIpc) is 2.92. The lowest BCUT2D eigenvalue weighted by atomic mass is 10.2. The first-order valence-corrected chi connectivity index (χ1v) is 7.73. The lowest BCUT2D eigenvalue weighted by molar-refractivity contribution is 0.194. The maximum atomic E-state index is 4.19. The minimum Gasteiger partial charge on any atom is -0.289 e. The molecule has 114 valence electrons. The second kappa shape index (κ2) is 7.88. The van der Waals surface area contributed by atoms with Crippen LogP contribution in [0.4, 0.5) is 0 Å². The molecule has 0 spiro atoms. The van der Waals surface area contributed by atoms with Crippen LogP contribution in [0.5, 0.6) is 0 Å². The third kappa shape index (κ3) is 4.63. The Morgan fingerprint density at radius 3 is 2.57 bits per heavy atom. The third-order valence-corrected chi connectivity index (χ3v) is 3.63. The summed E-state index contributed by atoms with van der Waals surface area (Å²) < 4.78 is 1.93. The minimum absolute atomic E-state index is 0.446. The third-order valence-electron chi connectivity index (χ3n) is 3.63. The minimum atomic E-state index is 0.446. The molecule has 1 heterocycles. The fourth-order valence-electron chi connectivity index (χ4n) is 2.24. The van der Waals surface area contributed by atoms with Crippen molar-refractivity contribution in [2.24, 2.45) is 0 Å². The van der Waals surface area contributed by atoms with Gasteiger partial charge in [0.25, 0.3) is 0 Å². The van der Waals surface area contributed by atoms with E-state index in [-0.39, 0.29) is 0 Å². The normalized spacial score (nSPS) is 11.5. The Morgan fingerprint density at radius 2 is 1.90 bits per heavy atom. The van der Waals surface area contributed by atoms with Crippen LogP contribution in [0.15, 0.2) is 30.3 Å². The van der Waals surface area contributed by atoms with Gasteiger partial charge in [-0.2, -0.15) is 0 Å². The van der Waals surface area contributed by atoms with Gasteiger partial charge in [-0.3, -0.25) is 4.90 Å². The first kappa shape index (κ1) is 15.6. The van der Waals surface area contributed by atoms with E-state index < -0.39 is 0 Å². The number of benzene rings is 1. The SMILES string of the molecule is CCCCn1nnnc1CN(Cc1ccccc1)C(C)C. The van der Waals surface area contributed by atoms with Crippen LogP contribution in [0.25, 0.3) is 0 Å². The summed E-state index contributed by atoms with van der Waals surface area (Å²) in [5, 5.41) is 12.1. The van der Waals surface area contributed by atoms with Crippen LogP contribution in [-0.4, -0.2) is 31.1 Å². The van der Waals surface area contributed by atoms with E-state index in [1.165, 1.54) is 5.56 Å². The summed E-state index contributed by atoms with van der Waals surface area (Å²) >= 11 is 0. The summed E-state index contributed by atoms with van der Waals surface area (Å²) in [6.45, 7) is 9.20. The molecule has 0 fully saturated rings. The van der Waals surface area contributed by atoms with Crippen molar-refractivity contribution in [1.82, 2.24) is 25.1 Å². The van der Waals surface area contributed by atoms with Gasteiger partial charge in [-0.15, -0.1) is 5.10 Å². The van der Waals surface area contributed by atoms with Gasteiger partial charge in [0.15, 0.2) is 5.82 Å². The molecule has 2 rings (SSSR count). The number of aromatic nitrogens is 4. The molecule has 0 aliphatic carbocycles. The molecule has 2 aromatic rings. The van der Waals surface area contributed by atoms with Crippen molar-refractivity contribution in [2.45, 2.75) is 59.3 Å². The number of rotatable bonds is 8. The van der Waals surface area contributed by atoms with E-state index in [2.05, 4.69) is 71.5 Å². The van der Waals surface area contributed by atoms with Crippen molar-refractivity contribution in [2.75, 3.05) is 0 Å². The molecule has 0 saturated carbocycles. The molecule has 0 saturated heterocycles. The first-order chi connectivity index (χ1) is 10.2. The zero-order valence-corrected chi connectivity index (χ0v) is 13.2. The van der Waals surface area contributed by atoms with Crippen LogP contribution in [0.1, 0.15) is 45.0 Å². The fraction of sp³-hybridized carbons (Fsp3) is 0.562. The summed E-state index contributed by atoms with van der Waals surface area (Å²) in [7, 11) is 0. The van der Waals surface area contributed by atoms with E-state index in [4.69, 9.17) is 0 Å². The van der Waals surface area contributed by atoms with Gasteiger partial charge >= 0.3 is 0 Å². The molecular weight excluding hydrogens is 262 g/mol. The molecule has 0 aliphatic rings. The predicted octanol–water partition coefficient (Wildman–Crippen LogP) is 2.88. The van der Waals surface area contributed by atoms with Crippen LogP contribution < -0.4 is 0 Å².